The van der Waals surface area contributed by atoms with Gasteiger partial charge < -0.3 is 18.3 Å². The second kappa shape index (κ2) is 18.1. The number of hydrogen-bond donors (Lipinski definition) is 0. The first-order valence-corrected chi connectivity index (χ1v) is 32.6. The van der Waals surface area contributed by atoms with Gasteiger partial charge in [0.15, 0.2) is 8.07 Å². The minimum atomic E-state index is -3.01. The highest BCUT2D eigenvalue weighted by molar-refractivity contribution is 7.24. The number of nitrogens with zero attached hydrogens (tertiary/aromatic N) is 7. The lowest BCUT2D eigenvalue weighted by atomic mass is 9.91. The summed E-state index contributed by atoms with van der Waals surface area (Å²) in [5.74, 6) is 0. The van der Waals surface area contributed by atoms with E-state index in [2.05, 4.69) is 289 Å². The van der Waals surface area contributed by atoms with Crippen molar-refractivity contribution in [2.45, 2.75) is 27.7 Å². The van der Waals surface area contributed by atoms with Gasteiger partial charge in [-0.05, 0) is 156 Å². The maximum absolute atomic E-state index is 13.2. The van der Waals surface area contributed by atoms with E-state index in [4.69, 9.17) is 9.97 Å². The van der Waals surface area contributed by atoms with Gasteiger partial charge in [0.05, 0.1) is 78.3 Å². The normalized spacial score (nSPS) is 13.0. The summed E-state index contributed by atoms with van der Waals surface area (Å²) >= 11 is 0. The number of hydrogen-bond acceptors (Lipinski definition) is 3. The van der Waals surface area contributed by atoms with Crippen LogP contribution in [0.1, 0.15) is 27.8 Å². The van der Waals surface area contributed by atoms with E-state index in [0.29, 0.717) is 5.56 Å². The van der Waals surface area contributed by atoms with Crippen LogP contribution >= 0.6 is 0 Å². The first kappa shape index (κ1) is 49.8. The van der Waals surface area contributed by atoms with Gasteiger partial charge in [0.2, 0.25) is 0 Å². The van der Waals surface area contributed by atoms with E-state index in [1.165, 1.54) is 43.0 Å². The number of pyridine rings is 2. The van der Waals surface area contributed by atoms with Crippen LogP contribution in [0.4, 0.5) is 0 Å². The molecule has 0 N–H and O–H groups in total. The van der Waals surface area contributed by atoms with Gasteiger partial charge in [-0.25, -0.2) is 0 Å². The van der Waals surface area contributed by atoms with Crippen molar-refractivity contribution in [2.75, 3.05) is 0 Å². The molecule has 1 spiro atoms. The molecule has 6 aromatic heterocycles. The van der Waals surface area contributed by atoms with E-state index in [9.17, 15) is 5.26 Å². The third-order valence-electron chi connectivity index (χ3n) is 19.7. The number of aromatic nitrogens is 6. The molecule has 0 saturated carbocycles. The molecule has 416 valence electrons. The summed E-state index contributed by atoms with van der Waals surface area (Å²) in [6.45, 7) is 8.72. The third kappa shape index (κ3) is 6.48. The van der Waals surface area contributed by atoms with E-state index in [-0.39, 0.29) is 0 Å². The molecule has 0 amide bonds. The van der Waals surface area contributed by atoms with Crippen LogP contribution in [-0.2, 0) is 0 Å². The van der Waals surface area contributed by atoms with E-state index < -0.39 is 8.07 Å². The summed E-state index contributed by atoms with van der Waals surface area (Å²) in [5.41, 5.74) is 23.1. The van der Waals surface area contributed by atoms with E-state index in [1.807, 2.05) is 12.4 Å². The highest BCUT2D eigenvalue weighted by atomic mass is 28.3. The number of benzene rings is 11. The lowest BCUT2D eigenvalue weighted by Gasteiger charge is -2.30. The van der Waals surface area contributed by atoms with Crippen LogP contribution < -0.4 is 20.7 Å². The monoisotopic (exact) mass is 1150 g/mol. The van der Waals surface area contributed by atoms with Gasteiger partial charge in [-0.3, -0.25) is 9.97 Å². The number of para-hydroxylation sites is 4. The topological polar surface area (TPSA) is 69.3 Å². The molecule has 8 heterocycles. The average molecular weight is 1150 g/mol. The Bertz CT molecular complexity index is 5770. The first-order valence-electron chi connectivity index (χ1n) is 30.6. The van der Waals surface area contributed by atoms with Crippen LogP contribution in [0.3, 0.4) is 0 Å². The maximum Gasteiger partial charge on any atom is 0.185 e. The van der Waals surface area contributed by atoms with Crippen molar-refractivity contribution in [1.29, 1.82) is 5.26 Å². The molecule has 8 heteroatoms. The molecule has 2 aliphatic rings. The molecular weight excluding hydrogens is 1100 g/mol. The summed E-state index contributed by atoms with van der Waals surface area (Å²) in [5, 5.41) is 27.4. The van der Waals surface area contributed by atoms with Crippen LogP contribution in [0.2, 0.25) is 0 Å². The van der Waals surface area contributed by atoms with Crippen molar-refractivity contribution in [1.82, 2.24) is 28.2 Å². The molecule has 0 saturated heterocycles. The highest BCUT2D eigenvalue weighted by Gasteiger charge is 2.55. The second-order valence-electron chi connectivity index (χ2n) is 24.6. The van der Waals surface area contributed by atoms with Crippen molar-refractivity contribution >= 4 is 116 Å². The molecule has 0 bridgehead atoms. The SMILES string of the molecule is Cc1ccc2c(c1)c1ccccc1n2-c1c(C#N)c(-n2c3ccccc3c3cc(C)ccc32)c(-n2c3ccccc3c3cc(C)ccc32)c(-c2ccc3c(c2)-c2ccccc2[Si]32c3cccnc3-c3ncccc32)c1-n1c2ccccc2c2cc(C)ccc21. The molecule has 0 unspecified atom stereocenters. The Morgan fingerprint density at radius 3 is 1.08 bits per heavy atom. The third-order valence-corrected chi connectivity index (χ3v) is 24.6. The maximum atomic E-state index is 13.2. The minimum Gasteiger partial charge on any atom is -0.306 e. The van der Waals surface area contributed by atoms with Gasteiger partial charge >= 0.3 is 0 Å². The van der Waals surface area contributed by atoms with Crippen molar-refractivity contribution in [3.8, 4) is 62.5 Å². The zero-order valence-corrected chi connectivity index (χ0v) is 50.3. The lowest BCUT2D eigenvalue weighted by molar-refractivity contribution is 1.04. The molecule has 89 heavy (non-hydrogen) atoms. The van der Waals surface area contributed by atoms with Crippen molar-refractivity contribution in [2.24, 2.45) is 0 Å². The summed E-state index contributed by atoms with van der Waals surface area (Å²) in [4.78, 5) is 10.3. The second-order valence-corrected chi connectivity index (χ2v) is 28.3. The highest BCUT2D eigenvalue weighted by Crippen LogP contribution is 2.53. The van der Waals surface area contributed by atoms with Gasteiger partial charge in [0.1, 0.15) is 11.6 Å². The minimum absolute atomic E-state index is 0.540. The Balaban J connectivity index is 1.12. The van der Waals surface area contributed by atoms with Gasteiger partial charge in [-0.15, -0.1) is 0 Å². The Morgan fingerprint density at radius 1 is 0.315 bits per heavy atom. The molecule has 0 aliphatic carbocycles. The fourth-order valence-electron chi connectivity index (χ4n) is 16.2. The van der Waals surface area contributed by atoms with Crippen LogP contribution in [0.25, 0.3) is 144 Å². The molecule has 17 aromatic rings. The predicted molar refractivity (Wildman–Crippen MR) is 370 cm³/mol. The quantitative estimate of drug-likeness (QED) is 0.161. The zero-order valence-electron chi connectivity index (χ0n) is 49.3. The van der Waals surface area contributed by atoms with Crippen LogP contribution in [0.5, 0.6) is 0 Å². The molecular formula is C81H53N7Si. The molecule has 19 rings (SSSR count). The van der Waals surface area contributed by atoms with E-state index >= 15 is 0 Å². The molecule has 11 aromatic carbocycles. The Kier molecular flexibility index (Phi) is 10.1. The van der Waals surface area contributed by atoms with Crippen molar-refractivity contribution in [3.63, 3.8) is 0 Å². The number of aryl methyl sites for hydroxylation is 4. The standard InChI is InChI=1S/C81H53N7Si/c1-47-29-34-67-57(41-47)52-17-5-10-22-63(52)85(67)78-62(46-82)79(86-64-23-11-6-18-53(64)58-42-48(2)30-35-68(58)86)81(88-66-25-13-8-20-55(66)60-44-50(4)32-37-70(60)88)75(80(78)87-65-24-12-7-19-54(65)59-43-49(3)31-36-69(59)87)51-33-38-72-61(45-51)56-21-9-14-26-71(56)89(72)73-27-15-39-83-76(73)77-74(89)28-16-40-84-77/h5-45H,1-4H3. The molecule has 0 radical (unpaired) electrons. The predicted octanol–water partition coefficient (Wildman–Crippen LogP) is 17.0. The molecule has 0 fully saturated rings. The summed E-state index contributed by atoms with van der Waals surface area (Å²) < 4.78 is 9.91. The lowest BCUT2D eigenvalue weighted by Crippen LogP contribution is -2.70. The summed E-state index contributed by atoms with van der Waals surface area (Å²) in [6.07, 6.45) is 3.84. The molecule has 7 nitrogen and oxygen atoms in total. The Hall–Kier alpha value is -11.4. The Labute approximate surface area is 513 Å². The summed E-state index contributed by atoms with van der Waals surface area (Å²) in [6, 6.07) is 91.2. The van der Waals surface area contributed by atoms with E-state index in [0.717, 1.165) is 144 Å². The molecule has 2 aliphatic heterocycles. The van der Waals surface area contributed by atoms with Gasteiger partial charge in [0.25, 0.3) is 0 Å². The van der Waals surface area contributed by atoms with Crippen LogP contribution in [0.15, 0.2) is 249 Å². The van der Waals surface area contributed by atoms with Crippen LogP contribution in [0, 0.1) is 39.0 Å². The fraction of sp³-hybridized carbons (Fsp3) is 0.0494. The number of rotatable bonds is 5. The van der Waals surface area contributed by atoms with Gasteiger partial charge in [0, 0.05) is 61.0 Å². The van der Waals surface area contributed by atoms with Gasteiger partial charge in [-0.1, -0.05) is 168 Å². The molecule has 0 atom stereocenters. The largest absolute Gasteiger partial charge is 0.306 e. The van der Waals surface area contributed by atoms with Gasteiger partial charge in [-0.2, -0.15) is 5.26 Å². The number of nitriles is 1. The zero-order chi connectivity index (χ0) is 59.1. The van der Waals surface area contributed by atoms with Crippen LogP contribution in [-0.4, -0.2) is 36.3 Å². The fourth-order valence-corrected chi connectivity index (χ4v) is 21.6. The van der Waals surface area contributed by atoms with Crippen molar-refractivity contribution in [3.05, 3.63) is 277 Å². The first-order chi connectivity index (χ1) is 43.8. The average Bonchev–Trinajstić information content (AvgIpc) is 1.65. The Morgan fingerprint density at radius 2 is 0.663 bits per heavy atom. The smallest absolute Gasteiger partial charge is 0.185 e. The number of fused-ring (bicyclic) bond motifs is 22. The van der Waals surface area contributed by atoms with E-state index in [1.54, 1.807) is 0 Å². The van der Waals surface area contributed by atoms with Crippen molar-refractivity contribution < 1.29 is 0 Å². The summed E-state index contributed by atoms with van der Waals surface area (Å²) in [7, 11) is -3.01.